The van der Waals surface area contributed by atoms with E-state index in [2.05, 4.69) is 11.8 Å². The van der Waals surface area contributed by atoms with E-state index in [1.165, 1.54) is 12.1 Å². The number of carbonyl (C=O) groups excluding carboxylic acids is 1. The Hall–Kier alpha value is -1.46. The van der Waals surface area contributed by atoms with Gasteiger partial charge in [-0.25, -0.2) is 4.39 Å². The minimum Gasteiger partial charge on any atom is -0.395 e. The van der Waals surface area contributed by atoms with Gasteiger partial charge >= 0.3 is 0 Å². The van der Waals surface area contributed by atoms with Gasteiger partial charge in [0.25, 0.3) is 0 Å². The lowest BCUT2D eigenvalue weighted by atomic mass is 10.0. The molecule has 1 amide bonds. The third-order valence-electron chi connectivity index (χ3n) is 3.90. The molecule has 0 bridgehead atoms. The quantitative estimate of drug-likeness (QED) is 0.858. The number of hydrogen-bond acceptors (Lipinski definition) is 3. The van der Waals surface area contributed by atoms with E-state index in [9.17, 15) is 14.3 Å². The van der Waals surface area contributed by atoms with Crippen LogP contribution in [0.4, 0.5) is 4.39 Å². The lowest BCUT2D eigenvalue weighted by molar-refractivity contribution is 0.1000. The van der Waals surface area contributed by atoms with Crippen LogP contribution in [-0.4, -0.2) is 35.1 Å². The number of nitrogens with two attached hydrogens (primary N) is 1. The number of aliphatic hydroxyl groups is 1. The fraction of sp³-hybridized carbons (Fsp3) is 0.500. The maximum atomic E-state index is 13.9. The monoisotopic (exact) mass is 266 g/mol. The normalized spacial score (nSPS) is 23.7. The molecule has 0 spiro atoms. The number of nitrogens with zero attached hydrogens (tertiary/aromatic N) is 1. The standard InChI is InChI=1S/C14H19FN2O2/c1-9-4-5-17(13(9)8-18)7-11-3-2-10(14(16)19)6-12(11)15/h2-3,6,9,13,18H,4-5,7-8H2,1H3,(H2,16,19). The van der Waals surface area contributed by atoms with Crippen molar-refractivity contribution in [2.75, 3.05) is 13.2 Å². The summed E-state index contributed by atoms with van der Waals surface area (Å²) in [5.74, 6) is -0.640. The molecule has 1 heterocycles. The van der Waals surface area contributed by atoms with Gasteiger partial charge in [0.15, 0.2) is 0 Å². The summed E-state index contributed by atoms with van der Waals surface area (Å²) in [6.07, 6.45) is 1.01. The number of carbonyl (C=O) groups is 1. The van der Waals surface area contributed by atoms with E-state index in [0.717, 1.165) is 13.0 Å². The molecular formula is C14H19FN2O2. The second-order valence-corrected chi connectivity index (χ2v) is 5.16. The van der Waals surface area contributed by atoms with Crippen LogP contribution in [0, 0.1) is 11.7 Å². The summed E-state index contributed by atoms with van der Waals surface area (Å²) in [5, 5.41) is 9.37. The molecule has 5 heteroatoms. The number of amides is 1. The number of aliphatic hydroxyl groups excluding tert-OH is 1. The van der Waals surface area contributed by atoms with E-state index in [4.69, 9.17) is 5.73 Å². The topological polar surface area (TPSA) is 66.6 Å². The van der Waals surface area contributed by atoms with Crippen molar-refractivity contribution in [2.45, 2.75) is 25.9 Å². The number of hydrogen-bond donors (Lipinski definition) is 2. The van der Waals surface area contributed by atoms with Gasteiger partial charge in [0.2, 0.25) is 5.91 Å². The molecule has 1 aromatic carbocycles. The molecule has 0 radical (unpaired) electrons. The molecule has 4 nitrogen and oxygen atoms in total. The van der Waals surface area contributed by atoms with Crippen LogP contribution in [0.1, 0.15) is 29.3 Å². The first-order chi connectivity index (χ1) is 9.02. The van der Waals surface area contributed by atoms with Gasteiger partial charge in [-0.2, -0.15) is 0 Å². The van der Waals surface area contributed by atoms with Gasteiger partial charge in [-0.05, 0) is 31.0 Å². The van der Waals surface area contributed by atoms with Crippen LogP contribution < -0.4 is 5.73 Å². The Morgan fingerprint density at radius 2 is 2.32 bits per heavy atom. The Bertz CT molecular complexity index is 479. The zero-order valence-corrected chi connectivity index (χ0v) is 11.0. The van der Waals surface area contributed by atoms with Gasteiger partial charge < -0.3 is 10.8 Å². The Morgan fingerprint density at radius 1 is 1.58 bits per heavy atom. The molecule has 2 unspecified atom stereocenters. The van der Waals surface area contributed by atoms with Crippen LogP contribution >= 0.6 is 0 Å². The highest BCUT2D eigenvalue weighted by molar-refractivity contribution is 5.92. The van der Waals surface area contributed by atoms with Crippen molar-refractivity contribution in [3.63, 3.8) is 0 Å². The number of primary amides is 1. The number of rotatable bonds is 4. The Labute approximate surface area is 112 Å². The summed E-state index contributed by atoms with van der Waals surface area (Å²) in [6, 6.07) is 4.38. The van der Waals surface area contributed by atoms with Crippen LogP contribution in [0.25, 0.3) is 0 Å². The SMILES string of the molecule is CC1CCN(Cc2ccc(C(N)=O)cc2F)C1CO. The second kappa shape index (κ2) is 5.67. The Balaban J connectivity index is 2.13. The maximum Gasteiger partial charge on any atom is 0.248 e. The molecular weight excluding hydrogens is 247 g/mol. The second-order valence-electron chi connectivity index (χ2n) is 5.16. The largest absolute Gasteiger partial charge is 0.395 e. The van der Waals surface area contributed by atoms with Crippen LogP contribution in [-0.2, 0) is 6.54 Å². The van der Waals surface area contributed by atoms with Crippen LogP contribution in [0.15, 0.2) is 18.2 Å². The molecule has 1 aliphatic heterocycles. The van der Waals surface area contributed by atoms with Crippen LogP contribution in [0.2, 0.25) is 0 Å². The van der Waals surface area contributed by atoms with Crippen molar-refractivity contribution in [1.29, 1.82) is 0 Å². The number of benzene rings is 1. The average molecular weight is 266 g/mol. The Morgan fingerprint density at radius 3 is 2.89 bits per heavy atom. The molecule has 1 aromatic rings. The van der Waals surface area contributed by atoms with E-state index in [1.807, 2.05) is 0 Å². The molecule has 19 heavy (non-hydrogen) atoms. The van der Waals surface area contributed by atoms with Crippen molar-refractivity contribution in [3.8, 4) is 0 Å². The van der Waals surface area contributed by atoms with Crippen molar-refractivity contribution in [3.05, 3.63) is 35.1 Å². The first-order valence-corrected chi connectivity index (χ1v) is 6.46. The van der Waals surface area contributed by atoms with Crippen molar-refractivity contribution >= 4 is 5.91 Å². The van der Waals surface area contributed by atoms with Gasteiger partial charge in [0, 0.05) is 23.7 Å². The first-order valence-electron chi connectivity index (χ1n) is 6.46. The molecule has 2 rings (SSSR count). The number of halogens is 1. The van der Waals surface area contributed by atoms with E-state index in [1.54, 1.807) is 6.07 Å². The molecule has 0 saturated carbocycles. The summed E-state index contributed by atoms with van der Waals surface area (Å²) in [5.41, 5.74) is 5.81. The molecule has 1 fully saturated rings. The van der Waals surface area contributed by atoms with Gasteiger partial charge in [0.1, 0.15) is 5.82 Å². The lowest BCUT2D eigenvalue weighted by Gasteiger charge is -2.25. The highest BCUT2D eigenvalue weighted by Crippen LogP contribution is 2.26. The highest BCUT2D eigenvalue weighted by Gasteiger charge is 2.30. The third kappa shape index (κ3) is 2.93. The van der Waals surface area contributed by atoms with E-state index in [-0.39, 0.29) is 18.2 Å². The minimum atomic E-state index is -0.631. The summed E-state index contributed by atoms with van der Waals surface area (Å²) in [6.45, 7) is 3.47. The Kier molecular flexibility index (Phi) is 4.17. The molecule has 1 aliphatic rings. The molecule has 0 aromatic heterocycles. The van der Waals surface area contributed by atoms with Crippen LogP contribution in [0.5, 0.6) is 0 Å². The van der Waals surface area contributed by atoms with Crippen LogP contribution in [0.3, 0.4) is 0 Å². The zero-order valence-electron chi connectivity index (χ0n) is 11.0. The molecule has 1 saturated heterocycles. The van der Waals surface area contributed by atoms with Crippen molar-refractivity contribution in [1.82, 2.24) is 4.90 Å². The van der Waals surface area contributed by atoms with Gasteiger partial charge in [-0.3, -0.25) is 9.69 Å². The predicted octanol–water partition coefficient (Wildman–Crippen LogP) is 1.13. The summed E-state index contributed by atoms with van der Waals surface area (Å²) < 4.78 is 13.9. The fourth-order valence-electron chi connectivity index (χ4n) is 2.63. The maximum absolute atomic E-state index is 13.9. The lowest BCUT2D eigenvalue weighted by Crippen LogP contribution is -2.34. The first kappa shape index (κ1) is 14.0. The average Bonchev–Trinajstić information content (AvgIpc) is 2.72. The number of likely N-dealkylation sites (tertiary alicyclic amines) is 1. The summed E-state index contributed by atoms with van der Waals surface area (Å²) >= 11 is 0. The van der Waals surface area contributed by atoms with E-state index in [0.29, 0.717) is 18.0 Å². The van der Waals surface area contributed by atoms with Gasteiger partial charge in [-0.1, -0.05) is 13.0 Å². The van der Waals surface area contributed by atoms with Gasteiger partial charge in [-0.15, -0.1) is 0 Å². The molecule has 2 atom stereocenters. The van der Waals surface area contributed by atoms with E-state index < -0.39 is 11.7 Å². The van der Waals surface area contributed by atoms with Crippen molar-refractivity contribution < 1.29 is 14.3 Å². The smallest absolute Gasteiger partial charge is 0.248 e. The minimum absolute atomic E-state index is 0.0789. The van der Waals surface area contributed by atoms with E-state index >= 15 is 0 Å². The molecule has 104 valence electrons. The zero-order chi connectivity index (χ0) is 14.0. The molecule has 3 N–H and O–H groups in total. The van der Waals surface area contributed by atoms with Gasteiger partial charge in [0.05, 0.1) is 6.61 Å². The predicted molar refractivity (Wildman–Crippen MR) is 70.0 cm³/mol. The summed E-state index contributed by atoms with van der Waals surface area (Å²) in [7, 11) is 0. The third-order valence-corrected chi connectivity index (χ3v) is 3.90. The van der Waals surface area contributed by atoms with Crippen molar-refractivity contribution in [2.24, 2.45) is 11.7 Å². The highest BCUT2D eigenvalue weighted by atomic mass is 19.1. The summed E-state index contributed by atoms with van der Waals surface area (Å²) in [4.78, 5) is 13.0. The molecule has 0 aliphatic carbocycles. The fourth-order valence-corrected chi connectivity index (χ4v) is 2.63.